The number of carbonyl (C=O) groups is 2. The molecule has 0 bridgehead atoms. The number of Topliss-reactive ketones (excluding diaryl/α,β-unsaturated/α-hetero) is 1. The van der Waals surface area contributed by atoms with Gasteiger partial charge in [-0.1, -0.05) is 29.3 Å². The largest absolute Gasteiger partial charge is 0.465 e. The summed E-state index contributed by atoms with van der Waals surface area (Å²) in [6, 6.07) is 4.71. The van der Waals surface area contributed by atoms with Crippen LogP contribution >= 0.6 is 23.2 Å². The van der Waals surface area contributed by atoms with Crippen LogP contribution in [0.25, 0.3) is 0 Å². The van der Waals surface area contributed by atoms with E-state index in [0.29, 0.717) is 0 Å². The standard InChI is InChI=1S/C14H16Cl2O4S/c1-4-20-13(18)14(2,3)11(17)8-21(19)12-9(15)6-5-7-10(12)16/h5-7H,4,8H2,1-3H3. The van der Waals surface area contributed by atoms with Gasteiger partial charge in [-0.15, -0.1) is 0 Å². The maximum Gasteiger partial charge on any atom is 0.319 e. The van der Waals surface area contributed by atoms with Gasteiger partial charge in [0.2, 0.25) is 0 Å². The average Bonchev–Trinajstić information content (AvgIpc) is 2.38. The number of carbonyl (C=O) groups excluding carboxylic acids is 2. The molecule has 7 heteroatoms. The second-order valence-electron chi connectivity index (χ2n) is 4.81. The summed E-state index contributed by atoms with van der Waals surface area (Å²) in [5, 5.41) is 0.449. The molecular weight excluding hydrogens is 335 g/mol. The van der Waals surface area contributed by atoms with Gasteiger partial charge in [0, 0.05) is 0 Å². The third kappa shape index (κ3) is 4.28. The minimum Gasteiger partial charge on any atom is -0.465 e. The average molecular weight is 351 g/mol. The zero-order valence-corrected chi connectivity index (χ0v) is 14.3. The van der Waals surface area contributed by atoms with Gasteiger partial charge in [0.05, 0.1) is 38.1 Å². The summed E-state index contributed by atoms with van der Waals surface area (Å²) in [6.45, 7) is 4.71. The first-order valence-corrected chi connectivity index (χ1v) is 8.32. The zero-order chi connectivity index (χ0) is 16.2. The molecule has 0 heterocycles. The highest BCUT2D eigenvalue weighted by Crippen LogP contribution is 2.29. The molecule has 0 aliphatic rings. The molecule has 0 radical (unpaired) electrons. The van der Waals surface area contributed by atoms with Crippen molar-refractivity contribution in [3.05, 3.63) is 28.2 Å². The van der Waals surface area contributed by atoms with Crippen LogP contribution in [0.5, 0.6) is 0 Å². The third-order valence-electron chi connectivity index (χ3n) is 2.89. The monoisotopic (exact) mass is 350 g/mol. The summed E-state index contributed by atoms with van der Waals surface area (Å²) in [5.74, 6) is -1.48. The molecule has 0 spiro atoms. The van der Waals surface area contributed by atoms with E-state index in [1.165, 1.54) is 13.8 Å². The first kappa shape index (κ1) is 18.1. The van der Waals surface area contributed by atoms with Gasteiger partial charge >= 0.3 is 5.97 Å². The van der Waals surface area contributed by atoms with Gasteiger partial charge in [-0.05, 0) is 32.9 Å². The van der Waals surface area contributed by atoms with Gasteiger partial charge in [0.15, 0.2) is 5.78 Å². The molecule has 0 saturated carbocycles. The van der Waals surface area contributed by atoms with E-state index in [1.54, 1.807) is 25.1 Å². The van der Waals surface area contributed by atoms with Crippen molar-refractivity contribution in [1.82, 2.24) is 0 Å². The SMILES string of the molecule is CCOC(=O)C(C)(C)C(=O)CS(=O)c1c(Cl)cccc1Cl. The minimum atomic E-state index is -1.72. The van der Waals surface area contributed by atoms with E-state index in [2.05, 4.69) is 0 Å². The molecule has 0 aromatic heterocycles. The Morgan fingerprint density at radius 2 is 1.76 bits per heavy atom. The fourth-order valence-corrected chi connectivity index (χ4v) is 3.73. The summed E-state index contributed by atoms with van der Waals surface area (Å²) in [7, 11) is -1.72. The maximum absolute atomic E-state index is 12.3. The van der Waals surface area contributed by atoms with Crippen LogP contribution in [0, 0.1) is 5.41 Å². The maximum atomic E-state index is 12.3. The van der Waals surface area contributed by atoms with E-state index in [9.17, 15) is 13.8 Å². The summed E-state index contributed by atoms with van der Waals surface area (Å²) in [6.07, 6.45) is 0. The number of hydrogen-bond acceptors (Lipinski definition) is 4. The zero-order valence-electron chi connectivity index (χ0n) is 11.9. The third-order valence-corrected chi connectivity index (χ3v) is 5.17. The number of hydrogen-bond donors (Lipinski definition) is 0. The Kier molecular flexibility index (Phi) is 6.38. The predicted octanol–water partition coefficient (Wildman–Crippen LogP) is 3.26. The van der Waals surface area contributed by atoms with Crippen LogP contribution < -0.4 is 0 Å². The molecule has 1 rings (SSSR count). The molecule has 0 fully saturated rings. The Balaban J connectivity index is 2.93. The van der Waals surface area contributed by atoms with Crippen LogP contribution in [0.15, 0.2) is 23.1 Å². The highest BCUT2D eigenvalue weighted by atomic mass is 35.5. The lowest BCUT2D eigenvalue weighted by molar-refractivity contribution is -0.157. The quantitative estimate of drug-likeness (QED) is 0.583. The Bertz CT molecular complexity index is 564. The molecule has 0 saturated heterocycles. The predicted molar refractivity (Wildman–Crippen MR) is 83.2 cm³/mol. The van der Waals surface area contributed by atoms with Gasteiger partial charge in [0.1, 0.15) is 5.41 Å². The first-order chi connectivity index (χ1) is 9.71. The molecule has 0 amide bonds. The fraction of sp³-hybridized carbons (Fsp3) is 0.429. The van der Waals surface area contributed by atoms with Crippen molar-refractivity contribution in [2.45, 2.75) is 25.7 Å². The summed E-state index contributed by atoms with van der Waals surface area (Å²) >= 11 is 11.9. The number of esters is 1. The van der Waals surface area contributed by atoms with Gasteiger partial charge in [-0.3, -0.25) is 13.8 Å². The van der Waals surface area contributed by atoms with Crippen molar-refractivity contribution < 1.29 is 18.5 Å². The van der Waals surface area contributed by atoms with E-state index >= 15 is 0 Å². The lowest BCUT2D eigenvalue weighted by Crippen LogP contribution is -2.38. The van der Waals surface area contributed by atoms with E-state index in [1.807, 2.05) is 0 Å². The number of rotatable bonds is 6. The summed E-state index contributed by atoms with van der Waals surface area (Å²) < 4.78 is 17.1. The Hall–Kier alpha value is -0.910. The topological polar surface area (TPSA) is 60.4 Å². The molecule has 1 aromatic rings. The van der Waals surface area contributed by atoms with Crippen LogP contribution in [0.1, 0.15) is 20.8 Å². The Morgan fingerprint density at radius 3 is 2.24 bits per heavy atom. The van der Waals surface area contributed by atoms with Crippen molar-refractivity contribution in [2.24, 2.45) is 5.41 Å². The van der Waals surface area contributed by atoms with Gasteiger partial charge in [0.25, 0.3) is 0 Å². The number of benzene rings is 1. The Morgan fingerprint density at radius 1 is 1.24 bits per heavy atom. The van der Waals surface area contributed by atoms with Crippen molar-refractivity contribution in [3.8, 4) is 0 Å². The fourth-order valence-electron chi connectivity index (χ4n) is 1.50. The molecule has 116 valence electrons. The van der Waals surface area contributed by atoms with Crippen LogP contribution in [0.4, 0.5) is 0 Å². The van der Waals surface area contributed by atoms with Crippen LogP contribution in [-0.2, 0) is 25.1 Å². The second kappa shape index (κ2) is 7.38. The summed E-state index contributed by atoms with van der Waals surface area (Å²) in [4.78, 5) is 24.2. The lowest BCUT2D eigenvalue weighted by atomic mass is 9.89. The summed E-state index contributed by atoms with van der Waals surface area (Å²) in [5.41, 5.74) is -1.36. The van der Waals surface area contributed by atoms with Crippen LogP contribution in [0.3, 0.4) is 0 Å². The Labute approximate surface area is 136 Å². The van der Waals surface area contributed by atoms with Crippen LogP contribution in [-0.4, -0.2) is 28.3 Å². The molecule has 1 unspecified atom stereocenters. The molecule has 4 nitrogen and oxygen atoms in total. The van der Waals surface area contributed by atoms with Gasteiger partial charge in [-0.25, -0.2) is 0 Å². The van der Waals surface area contributed by atoms with Crippen LogP contribution in [0.2, 0.25) is 10.0 Å². The number of ether oxygens (including phenoxy) is 1. The molecule has 21 heavy (non-hydrogen) atoms. The van der Waals surface area contributed by atoms with E-state index in [0.717, 1.165) is 0 Å². The second-order valence-corrected chi connectivity index (χ2v) is 7.01. The molecule has 0 aliphatic carbocycles. The number of halogens is 2. The van der Waals surface area contributed by atoms with Gasteiger partial charge in [-0.2, -0.15) is 0 Å². The van der Waals surface area contributed by atoms with Crippen molar-refractivity contribution in [1.29, 1.82) is 0 Å². The molecule has 1 atom stereocenters. The van der Waals surface area contributed by atoms with Crippen molar-refractivity contribution >= 4 is 45.8 Å². The van der Waals surface area contributed by atoms with Crippen molar-refractivity contribution in [3.63, 3.8) is 0 Å². The minimum absolute atomic E-state index is 0.176. The highest BCUT2D eigenvalue weighted by molar-refractivity contribution is 7.86. The molecule has 1 aromatic carbocycles. The molecule has 0 aliphatic heterocycles. The lowest BCUT2D eigenvalue weighted by Gasteiger charge is -2.20. The van der Waals surface area contributed by atoms with Crippen molar-refractivity contribution in [2.75, 3.05) is 12.4 Å². The normalized spacial score (nSPS) is 12.8. The smallest absolute Gasteiger partial charge is 0.319 e. The first-order valence-electron chi connectivity index (χ1n) is 6.24. The molecule has 0 N–H and O–H groups in total. The van der Waals surface area contributed by atoms with Gasteiger partial charge < -0.3 is 4.74 Å². The number of ketones is 1. The van der Waals surface area contributed by atoms with E-state index in [4.69, 9.17) is 27.9 Å². The molecular formula is C14H16Cl2O4S. The highest BCUT2D eigenvalue weighted by Gasteiger charge is 2.38. The van der Waals surface area contributed by atoms with E-state index in [-0.39, 0.29) is 27.3 Å². The van der Waals surface area contributed by atoms with E-state index < -0.39 is 28.0 Å².